The average Bonchev–Trinajstić information content (AvgIpc) is 2.89. The first-order chi connectivity index (χ1) is 9.32. The molecule has 6 heteroatoms. The van der Waals surface area contributed by atoms with Gasteiger partial charge in [0.1, 0.15) is 0 Å². The molecule has 5 nitrogen and oxygen atoms in total. The molecule has 0 bridgehead atoms. The van der Waals surface area contributed by atoms with Gasteiger partial charge in [0.25, 0.3) is 0 Å². The molecule has 0 saturated carbocycles. The van der Waals surface area contributed by atoms with E-state index in [1.165, 1.54) is 4.31 Å². The van der Waals surface area contributed by atoms with Gasteiger partial charge in [-0.25, -0.2) is 8.42 Å². The van der Waals surface area contributed by atoms with Crippen LogP contribution in [-0.2, 0) is 10.0 Å². The molecule has 1 heterocycles. The van der Waals surface area contributed by atoms with Crippen molar-refractivity contribution in [1.29, 1.82) is 0 Å². The summed E-state index contributed by atoms with van der Waals surface area (Å²) in [5.41, 5.74) is 0.620. The van der Waals surface area contributed by atoms with Crippen molar-refractivity contribution >= 4 is 10.0 Å². The lowest BCUT2D eigenvalue weighted by Crippen LogP contribution is -2.34. The Morgan fingerprint density at radius 1 is 1.40 bits per heavy atom. The van der Waals surface area contributed by atoms with Gasteiger partial charge in [-0.1, -0.05) is 12.1 Å². The summed E-state index contributed by atoms with van der Waals surface area (Å²) in [5, 5.41) is 9.58. The SMILES string of the molecule is CC(O)c1cccc(S(=O)(=O)N2CCC(N(C)C)C2)c1. The van der Waals surface area contributed by atoms with Gasteiger partial charge >= 0.3 is 0 Å². The van der Waals surface area contributed by atoms with Crippen LogP contribution in [0.2, 0.25) is 0 Å². The Kier molecular flexibility index (Phi) is 4.49. The van der Waals surface area contributed by atoms with Crippen LogP contribution in [0.15, 0.2) is 29.2 Å². The van der Waals surface area contributed by atoms with Gasteiger partial charge in [-0.05, 0) is 45.1 Å². The van der Waals surface area contributed by atoms with Crippen LogP contribution in [-0.4, -0.2) is 56.0 Å². The highest BCUT2D eigenvalue weighted by Gasteiger charge is 2.33. The van der Waals surface area contributed by atoms with E-state index < -0.39 is 16.1 Å². The Balaban J connectivity index is 2.25. The fourth-order valence-corrected chi connectivity index (χ4v) is 3.98. The normalized spacial score (nSPS) is 22.4. The fourth-order valence-electron chi connectivity index (χ4n) is 2.43. The maximum atomic E-state index is 12.6. The number of hydrogen-bond donors (Lipinski definition) is 1. The molecule has 1 N–H and O–H groups in total. The first-order valence-electron chi connectivity index (χ1n) is 6.77. The Hall–Kier alpha value is -0.950. The molecule has 1 aromatic carbocycles. The third kappa shape index (κ3) is 3.03. The lowest BCUT2D eigenvalue weighted by Gasteiger charge is -2.20. The zero-order valence-corrected chi connectivity index (χ0v) is 13.0. The Bertz CT molecular complexity index is 570. The van der Waals surface area contributed by atoms with Gasteiger partial charge in [-0.2, -0.15) is 4.31 Å². The van der Waals surface area contributed by atoms with E-state index in [0.29, 0.717) is 18.7 Å². The number of hydrogen-bond acceptors (Lipinski definition) is 4. The summed E-state index contributed by atoms with van der Waals surface area (Å²) in [6, 6.07) is 6.82. The molecule has 1 fully saturated rings. The highest BCUT2D eigenvalue weighted by molar-refractivity contribution is 7.89. The van der Waals surface area contributed by atoms with E-state index in [1.54, 1.807) is 31.2 Å². The molecule has 1 aliphatic rings. The molecule has 20 heavy (non-hydrogen) atoms. The Labute approximate surface area is 120 Å². The zero-order chi connectivity index (χ0) is 14.9. The second-order valence-electron chi connectivity index (χ2n) is 5.52. The molecule has 2 atom stereocenters. The maximum Gasteiger partial charge on any atom is 0.243 e. The second kappa shape index (κ2) is 5.81. The maximum absolute atomic E-state index is 12.6. The lowest BCUT2D eigenvalue weighted by molar-refractivity contribution is 0.199. The first kappa shape index (κ1) is 15.4. The average molecular weight is 298 g/mol. The molecular formula is C14H22N2O3S. The van der Waals surface area contributed by atoms with Crippen LogP contribution in [0.25, 0.3) is 0 Å². The van der Waals surface area contributed by atoms with Crippen LogP contribution < -0.4 is 0 Å². The summed E-state index contributed by atoms with van der Waals surface area (Å²) in [7, 11) is 0.469. The van der Waals surface area contributed by atoms with Crippen LogP contribution in [0.4, 0.5) is 0 Å². The number of aliphatic hydroxyl groups is 1. The van der Waals surface area contributed by atoms with Crippen LogP contribution in [0.5, 0.6) is 0 Å². The molecule has 112 valence electrons. The van der Waals surface area contributed by atoms with Crippen LogP contribution in [0, 0.1) is 0 Å². The molecule has 0 aliphatic carbocycles. The Morgan fingerprint density at radius 3 is 2.65 bits per heavy atom. The highest BCUT2D eigenvalue weighted by Crippen LogP contribution is 2.24. The van der Waals surface area contributed by atoms with Gasteiger partial charge in [0.05, 0.1) is 11.0 Å². The molecule has 1 aromatic rings. The third-order valence-electron chi connectivity index (χ3n) is 3.83. The predicted octanol–water partition coefficient (Wildman–Crippen LogP) is 1.06. The van der Waals surface area contributed by atoms with E-state index in [-0.39, 0.29) is 10.9 Å². The van der Waals surface area contributed by atoms with Gasteiger partial charge in [0.15, 0.2) is 0 Å². The van der Waals surface area contributed by atoms with Crippen molar-refractivity contribution in [2.24, 2.45) is 0 Å². The predicted molar refractivity (Wildman–Crippen MR) is 77.9 cm³/mol. The minimum Gasteiger partial charge on any atom is -0.389 e. The number of likely N-dealkylation sites (N-methyl/N-ethyl adjacent to an activating group) is 1. The van der Waals surface area contributed by atoms with Crippen molar-refractivity contribution in [3.63, 3.8) is 0 Å². The van der Waals surface area contributed by atoms with Crippen LogP contribution >= 0.6 is 0 Å². The van der Waals surface area contributed by atoms with Gasteiger partial charge in [0.2, 0.25) is 10.0 Å². The number of aliphatic hydroxyl groups excluding tert-OH is 1. The second-order valence-corrected chi connectivity index (χ2v) is 7.46. The van der Waals surface area contributed by atoms with E-state index in [9.17, 15) is 13.5 Å². The lowest BCUT2D eigenvalue weighted by atomic mass is 10.1. The molecule has 0 aromatic heterocycles. The van der Waals surface area contributed by atoms with Gasteiger partial charge in [-0.3, -0.25) is 0 Å². The van der Waals surface area contributed by atoms with E-state index in [2.05, 4.69) is 4.90 Å². The standard InChI is InChI=1S/C14H22N2O3S/c1-11(17)12-5-4-6-14(9-12)20(18,19)16-8-7-13(10-16)15(2)3/h4-6,9,11,13,17H,7-8,10H2,1-3H3. The van der Waals surface area contributed by atoms with E-state index in [1.807, 2.05) is 14.1 Å². The topological polar surface area (TPSA) is 60.9 Å². The number of sulfonamides is 1. The minimum atomic E-state index is -3.47. The molecule has 1 aliphatic heterocycles. The van der Waals surface area contributed by atoms with E-state index in [4.69, 9.17) is 0 Å². The third-order valence-corrected chi connectivity index (χ3v) is 5.70. The molecular weight excluding hydrogens is 276 g/mol. The fraction of sp³-hybridized carbons (Fsp3) is 0.571. The summed E-state index contributed by atoms with van der Waals surface area (Å²) in [4.78, 5) is 2.32. The smallest absolute Gasteiger partial charge is 0.243 e. The van der Waals surface area contributed by atoms with E-state index >= 15 is 0 Å². The summed E-state index contributed by atoms with van der Waals surface area (Å²) < 4.78 is 26.7. The molecule has 1 saturated heterocycles. The first-order valence-corrected chi connectivity index (χ1v) is 8.21. The number of nitrogens with zero attached hydrogens (tertiary/aromatic N) is 2. The monoisotopic (exact) mass is 298 g/mol. The summed E-state index contributed by atoms with van der Waals surface area (Å²) >= 11 is 0. The minimum absolute atomic E-state index is 0.260. The Morgan fingerprint density at radius 2 is 2.10 bits per heavy atom. The number of rotatable bonds is 4. The highest BCUT2D eigenvalue weighted by atomic mass is 32.2. The van der Waals surface area contributed by atoms with Crippen LogP contribution in [0.1, 0.15) is 25.0 Å². The summed E-state index contributed by atoms with van der Waals surface area (Å²) in [5.74, 6) is 0. The van der Waals surface area contributed by atoms with Crippen molar-refractivity contribution < 1.29 is 13.5 Å². The van der Waals surface area contributed by atoms with Gasteiger partial charge in [0, 0.05) is 19.1 Å². The molecule has 2 rings (SSSR count). The van der Waals surface area contributed by atoms with Crippen LogP contribution in [0.3, 0.4) is 0 Å². The van der Waals surface area contributed by atoms with E-state index in [0.717, 1.165) is 6.42 Å². The molecule has 0 amide bonds. The molecule has 0 spiro atoms. The van der Waals surface area contributed by atoms with Crippen molar-refractivity contribution in [3.05, 3.63) is 29.8 Å². The molecule has 0 radical (unpaired) electrons. The van der Waals surface area contributed by atoms with Crippen molar-refractivity contribution in [2.75, 3.05) is 27.2 Å². The quantitative estimate of drug-likeness (QED) is 0.903. The largest absolute Gasteiger partial charge is 0.389 e. The van der Waals surface area contributed by atoms with Gasteiger partial charge in [-0.15, -0.1) is 0 Å². The molecule has 2 unspecified atom stereocenters. The van der Waals surface area contributed by atoms with Crippen molar-refractivity contribution in [2.45, 2.75) is 30.4 Å². The number of benzene rings is 1. The summed E-state index contributed by atoms with van der Waals surface area (Å²) in [6.07, 6.45) is 0.181. The summed E-state index contributed by atoms with van der Waals surface area (Å²) in [6.45, 7) is 2.70. The zero-order valence-electron chi connectivity index (χ0n) is 12.2. The van der Waals surface area contributed by atoms with Gasteiger partial charge < -0.3 is 10.0 Å². The van der Waals surface area contributed by atoms with Crippen molar-refractivity contribution in [3.8, 4) is 0 Å². The van der Waals surface area contributed by atoms with Crippen molar-refractivity contribution in [1.82, 2.24) is 9.21 Å².